The maximum Gasteiger partial charge on any atom is 0.127 e. The third-order valence-corrected chi connectivity index (χ3v) is 3.08. The number of benzene rings is 1. The quantitative estimate of drug-likeness (QED) is 0.785. The molecule has 0 radical (unpaired) electrons. The molecule has 0 fully saturated rings. The zero-order chi connectivity index (χ0) is 13.1. The molecule has 0 saturated carbocycles. The van der Waals surface area contributed by atoms with E-state index in [2.05, 4.69) is 64.0 Å². The van der Waals surface area contributed by atoms with Gasteiger partial charge in [0.25, 0.3) is 0 Å². The Labute approximate surface area is 117 Å². The molecule has 1 heterocycles. The van der Waals surface area contributed by atoms with Crippen LogP contribution in [0.4, 0.5) is 0 Å². The standard InChI is InChI=1S/C15H17BrN2/c1-10(2)7-12-5-4-6-13(8-12)14-9-15(16)18-11(3)17-14/h4-6,8-10H,7H2,1-3H3. The van der Waals surface area contributed by atoms with Gasteiger partial charge in [0.2, 0.25) is 0 Å². The lowest BCUT2D eigenvalue weighted by molar-refractivity contribution is 0.647. The summed E-state index contributed by atoms with van der Waals surface area (Å²) in [7, 11) is 0. The molecule has 0 spiro atoms. The first kappa shape index (κ1) is 13.2. The monoisotopic (exact) mass is 304 g/mol. The van der Waals surface area contributed by atoms with Gasteiger partial charge in [-0.1, -0.05) is 32.0 Å². The molecular formula is C15H17BrN2. The second-order valence-electron chi connectivity index (χ2n) is 4.92. The van der Waals surface area contributed by atoms with Gasteiger partial charge in [-0.15, -0.1) is 0 Å². The lowest BCUT2D eigenvalue weighted by atomic mass is 10.00. The van der Waals surface area contributed by atoms with Crippen molar-refractivity contribution >= 4 is 15.9 Å². The molecule has 0 aliphatic heterocycles. The fraction of sp³-hybridized carbons (Fsp3) is 0.333. The molecule has 0 aliphatic carbocycles. The van der Waals surface area contributed by atoms with Gasteiger partial charge in [0.05, 0.1) is 5.69 Å². The van der Waals surface area contributed by atoms with Crippen molar-refractivity contribution in [2.75, 3.05) is 0 Å². The Kier molecular flexibility index (Phi) is 4.12. The van der Waals surface area contributed by atoms with E-state index in [4.69, 9.17) is 0 Å². The number of hydrogen-bond acceptors (Lipinski definition) is 2. The van der Waals surface area contributed by atoms with Crippen LogP contribution in [0.15, 0.2) is 34.9 Å². The van der Waals surface area contributed by atoms with Crippen LogP contribution in [0.25, 0.3) is 11.3 Å². The van der Waals surface area contributed by atoms with E-state index in [0.29, 0.717) is 5.92 Å². The Morgan fingerprint density at radius 1 is 1.17 bits per heavy atom. The maximum atomic E-state index is 4.48. The van der Waals surface area contributed by atoms with Crippen LogP contribution in [0, 0.1) is 12.8 Å². The predicted molar refractivity (Wildman–Crippen MR) is 78.4 cm³/mol. The predicted octanol–water partition coefficient (Wildman–Crippen LogP) is 4.41. The highest BCUT2D eigenvalue weighted by Gasteiger charge is 2.05. The second kappa shape index (κ2) is 5.61. The van der Waals surface area contributed by atoms with Crippen LogP contribution in [-0.4, -0.2) is 9.97 Å². The fourth-order valence-corrected chi connectivity index (χ4v) is 2.48. The van der Waals surface area contributed by atoms with Crippen LogP contribution in [-0.2, 0) is 6.42 Å². The summed E-state index contributed by atoms with van der Waals surface area (Å²) in [5, 5.41) is 0. The van der Waals surface area contributed by atoms with Gasteiger partial charge >= 0.3 is 0 Å². The average Bonchev–Trinajstić information content (AvgIpc) is 2.27. The number of rotatable bonds is 3. The van der Waals surface area contributed by atoms with E-state index in [1.165, 1.54) is 5.56 Å². The maximum absolute atomic E-state index is 4.48. The molecule has 2 rings (SSSR count). The van der Waals surface area contributed by atoms with Crippen molar-refractivity contribution < 1.29 is 0 Å². The van der Waals surface area contributed by atoms with Crippen LogP contribution in [0.2, 0.25) is 0 Å². The van der Waals surface area contributed by atoms with Crippen LogP contribution >= 0.6 is 15.9 Å². The molecule has 1 aromatic heterocycles. The number of halogens is 1. The molecule has 0 N–H and O–H groups in total. The second-order valence-corrected chi connectivity index (χ2v) is 5.73. The summed E-state index contributed by atoms with van der Waals surface area (Å²) in [4.78, 5) is 8.72. The van der Waals surface area contributed by atoms with Crippen molar-refractivity contribution in [2.24, 2.45) is 5.92 Å². The van der Waals surface area contributed by atoms with E-state index >= 15 is 0 Å². The molecular weight excluding hydrogens is 288 g/mol. The van der Waals surface area contributed by atoms with Gasteiger partial charge in [0, 0.05) is 5.56 Å². The Morgan fingerprint density at radius 2 is 1.94 bits per heavy atom. The first-order valence-corrected chi connectivity index (χ1v) is 6.94. The van der Waals surface area contributed by atoms with Crippen LogP contribution in [0.5, 0.6) is 0 Å². The SMILES string of the molecule is Cc1nc(Br)cc(-c2cccc(CC(C)C)c2)n1. The smallest absolute Gasteiger partial charge is 0.127 e. The molecule has 1 aromatic carbocycles. The van der Waals surface area contributed by atoms with Crippen molar-refractivity contribution in [3.05, 3.63) is 46.3 Å². The highest BCUT2D eigenvalue weighted by atomic mass is 79.9. The minimum atomic E-state index is 0.666. The summed E-state index contributed by atoms with van der Waals surface area (Å²) < 4.78 is 0.833. The third kappa shape index (κ3) is 3.39. The summed E-state index contributed by atoms with van der Waals surface area (Å²) in [6.45, 7) is 6.38. The molecule has 18 heavy (non-hydrogen) atoms. The summed E-state index contributed by atoms with van der Waals surface area (Å²) in [5.41, 5.74) is 3.48. The molecule has 0 unspecified atom stereocenters. The van der Waals surface area contributed by atoms with Gasteiger partial charge in [-0.25, -0.2) is 9.97 Å². The fourth-order valence-electron chi connectivity index (χ4n) is 2.01. The van der Waals surface area contributed by atoms with Crippen molar-refractivity contribution in [2.45, 2.75) is 27.2 Å². The van der Waals surface area contributed by atoms with E-state index in [1.54, 1.807) is 0 Å². The van der Waals surface area contributed by atoms with E-state index in [9.17, 15) is 0 Å². The highest BCUT2D eigenvalue weighted by Crippen LogP contribution is 2.22. The Morgan fingerprint density at radius 3 is 2.61 bits per heavy atom. The zero-order valence-electron chi connectivity index (χ0n) is 10.9. The van der Waals surface area contributed by atoms with E-state index < -0.39 is 0 Å². The number of hydrogen-bond donors (Lipinski definition) is 0. The summed E-state index contributed by atoms with van der Waals surface area (Å²) in [6, 6.07) is 10.5. The normalized spacial score (nSPS) is 10.9. The van der Waals surface area contributed by atoms with Gasteiger partial charge in [0.1, 0.15) is 10.4 Å². The first-order chi connectivity index (χ1) is 8.54. The summed E-state index contributed by atoms with van der Waals surface area (Å²) >= 11 is 3.42. The highest BCUT2D eigenvalue weighted by molar-refractivity contribution is 9.10. The lowest BCUT2D eigenvalue weighted by Crippen LogP contribution is -1.95. The Hall–Kier alpha value is -1.22. The third-order valence-electron chi connectivity index (χ3n) is 2.67. The summed E-state index contributed by atoms with van der Waals surface area (Å²) in [6.07, 6.45) is 1.10. The number of aromatic nitrogens is 2. The number of nitrogens with zero attached hydrogens (tertiary/aromatic N) is 2. The van der Waals surface area contributed by atoms with Crippen molar-refractivity contribution in [1.29, 1.82) is 0 Å². The lowest BCUT2D eigenvalue weighted by Gasteiger charge is -2.08. The van der Waals surface area contributed by atoms with E-state index in [1.807, 2.05) is 13.0 Å². The zero-order valence-corrected chi connectivity index (χ0v) is 12.5. The van der Waals surface area contributed by atoms with Crippen molar-refractivity contribution in [1.82, 2.24) is 9.97 Å². The molecule has 0 atom stereocenters. The number of aryl methyl sites for hydroxylation is 1. The van der Waals surface area contributed by atoms with Gasteiger partial charge in [-0.3, -0.25) is 0 Å². The Balaban J connectivity index is 2.38. The molecule has 2 aromatic rings. The minimum Gasteiger partial charge on any atom is -0.233 e. The van der Waals surface area contributed by atoms with Crippen LogP contribution in [0.1, 0.15) is 25.2 Å². The topological polar surface area (TPSA) is 25.8 Å². The molecule has 3 heteroatoms. The Bertz CT molecular complexity index is 530. The van der Waals surface area contributed by atoms with E-state index in [-0.39, 0.29) is 0 Å². The van der Waals surface area contributed by atoms with Gasteiger partial charge in [-0.2, -0.15) is 0 Å². The molecule has 2 nitrogen and oxygen atoms in total. The van der Waals surface area contributed by atoms with Gasteiger partial charge < -0.3 is 0 Å². The molecule has 0 saturated heterocycles. The van der Waals surface area contributed by atoms with E-state index in [0.717, 1.165) is 28.1 Å². The average molecular weight is 305 g/mol. The first-order valence-electron chi connectivity index (χ1n) is 6.15. The van der Waals surface area contributed by atoms with Crippen LogP contribution < -0.4 is 0 Å². The van der Waals surface area contributed by atoms with Crippen molar-refractivity contribution in [3.8, 4) is 11.3 Å². The molecule has 0 amide bonds. The molecule has 94 valence electrons. The minimum absolute atomic E-state index is 0.666. The van der Waals surface area contributed by atoms with Gasteiger partial charge in [0.15, 0.2) is 0 Å². The van der Waals surface area contributed by atoms with Gasteiger partial charge in [-0.05, 0) is 52.9 Å². The molecule has 0 aliphatic rings. The largest absolute Gasteiger partial charge is 0.233 e. The van der Waals surface area contributed by atoms with Crippen molar-refractivity contribution in [3.63, 3.8) is 0 Å². The summed E-state index contributed by atoms with van der Waals surface area (Å²) in [5.74, 6) is 1.45. The molecule has 0 bridgehead atoms. The van der Waals surface area contributed by atoms with Crippen LogP contribution in [0.3, 0.4) is 0 Å².